The molecule has 20 heavy (non-hydrogen) atoms. The van der Waals surface area contributed by atoms with Crippen molar-refractivity contribution in [3.05, 3.63) is 34.9 Å². The van der Waals surface area contributed by atoms with Gasteiger partial charge in [-0.3, -0.25) is 0 Å². The predicted molar refractivity (Wildman–Crippen MR) is 74.7 cm³/mol. The molecule has 0 radical (unpaired) electrons. The van der Waals surface area contributed by atoms with Crippen molar-refractivity contribution in [3.8, 4) is 0 Å². The van der Waals surface area contributed by atoms with Crippen LogP contribution in [0.2, 0.25) is 0 Å². The number of esters is 1. The van der Waals surface area contributed by atoms with Gasteiger partial charge in [0.1, 0.15) is 17.2 Å². The number of ether oxygens (including phenoxy) is 1. The summed E-state index contributed by atoms with van der Waals surface area (Å²) < 4.78 is 33.0. The number of hydrogen-bond donors (Lipinski definition) is 0. The molecule has 0 N–H and O–H groups in total. The standard InChI is InChI=1S/C16H22F2O2/c1-6-10(2)7-12-13(17)8-11(9-14(12)18)15(19)20-16(3,4)5/h8-10H,6-7H2,1-5H3. The summed E-state index contributed by atoms with van der Waals surface area (Å²) in [6.07, 6.45) is 1.16. The zero-order valence-corrected chi connectivity index (χ0v) is 12.7. The van der Waals surface area contributed by atoms with E-state index in [-0.39, 0.29) is 17.0 Å². The molecule has 0 aromatic heterocycles. The molecule has 2 nitrogen and oxygen atoms in total. The summed E-state index contributed by atoms with van der Waals surface area (Å²) in [5.74, 6) is -1.91. The molecule has 0 aliphatic heterocycles. The molecular formula is C16H22F2O2. The van der Waals surface area contributed by atoms with Gasteiger partial charge in [-0.1, -0.05) is 20.3 Å². The Bertz CT molecular complexity index is 467. The molecular weight excluding hydrogens is 262 g/mol. The van der Waals surface area contributed by atoms with Crippen LogP contribution in [0.4, 0.5) is 8.78 Å². The largest absolute Gasteiger partial charge is 0.456 e. The second-order valence-corrected chi connectivity index (χ2v) is 6.14. The Hall–Kier alpha value is -1.45. The fraction of sp³-hybridized carbons (Fsp3) is 0.562. The van der Waals surface area contributed by atoms with Crippen molar-refractivity contribution in [1.82, 2.24) is 0 Å². The van der Waals surface area contributed by atoms with E-state index in [4.69, 9.17) is 4.74 Å². The molecule has 0 bridgehead atoms. The second kappa shape index (κ2) is 6.33. The first-order valence-electron chi connectivity index (χ1n) is 6.85. The van der Waals surface area contributed by atoms with Crippen molar-refractivity contribution in [2.45, 2.75) is 53.1 Å². The maximum absolute atomic E-state index is 14.0. The normalized spacial score (nSPS) is 13.2. The minimum Gasteiger partial charge on any atom is -0.456 e. The highest BCUT2D eigenvalue weighted by atomic mass is 19.1. The first-order valence-corrected chi connectivity index (χ1v) is 6.85. The van der Waals surface area contributed by atoms with E-state index in [1.165, 1.54) is 0 Å². The lowest BCUT2D eigenvalue weighted by molar-refractivity contribution is 0.00684. The minimum absolute atomic E-state index is 0.0339. The highest BCUT2D eigenvalue weighted by molar-refractivity contribution is 5.89. The number of carbonyl (C=O) groups excluding carboxylic acids is 1. The lowest BCUT2D eigenvalue weighted by atomic mass is 9.97. The number of halogens is 2. The van der Waals surface area contributed by atoms with Gasteiger partial charge in [0.25, 0.3) is 0 Å². The second-order valence-electron chi connectivity index (χ2n) is 6.14. The van der Waals surface area contributed by atoms with Crippen molar-refractivity contribution in [1.29, 1.82) is 0 Å². The van der Waals surface area contributed by atoms with E-state index < -0.39 is 23.2 Å². The fourth-order valence-electron chi connectivity index (χ4n) is 1.75. The number of benzene rings is 1. The molecule has 1 unspecified atom stereocenters. The van der Waals surface area contributed by atoms with Gasteiger partial charge in [-0.05, 0) is 45.2 Å². The van der Waals surface area contributed by atoms with Gasteiger partial charge in [-0.15, -0.1) is 0 Å². The zero-order chi connectivity index (χ0) is 15.5. The summed E-state index contributed by atoms with van der Waals surface area (Å²) in [6.45, 7) is 9.01. The molecule has 0 fully saturated rings. The van der Waals surface area contributed by atoms with Crippen LogP contribution in [0.1, 0.15) is 57.0 Å². The third-order valence-corrected chi connectivity index (χ3v) is 3.03. The van der Waals surface area contributed by atoms with Crippen LogP contribution < -0.4 is 0 Å². The monoisotopic (exact) mass is 284 g/mol. The van der Waals surface area contributed by atoms with Gasteiger partial charge < -0.3 is 4.74 Å². The Morgan fingerprint density at radius 2 is 1.75 bits per heavy atom. The number of rotatable bonds is 4. The summed E-state index contributed by atoms with van der Waals surface area (Å²) in [5, 5.41) is 0. The average molecular weight is 284 g/mol. The van der Waals surface area contributed by atoms with Crippen LogP contribution in [-0.4, -0.2) is 11.6 Å². The molecule has 0 aliphatic rings. The van der Waals surface area contributed by atoms with Crippen LogP contribution >= 0.6 is 0 Å². The van der Waals surface area contributed by atoms with E-state index in [0.29, 0.717) is 6.42 Å². The number of carbonyl (C=O) groups is 1. The van der Waals surface area contributed by atoms with Gasteiger partial charge in [0.15, 0.2) is 0 Å². The minimum atomic E-state index is -0.717. The zero-order valence-electron chi connectivity index (χ0n) is 12.7. The molecule has 112 valence electrons. The Morgan fingerprint density at radius 1 is 1.25 bits per heavy atom. The summed E-state index contributed by atoms with van der Waals surface area (Å²) in [7, 11) is 0. The molecule has 0 spiro atoms. The average Bonchev–Trinajstić information content (AvgIpc) is 2.31. The molecule has 1 aromatic carbocycles. The Kier molecular flexibility index (Phi) is 5.26. The molecule has 1 rings (SSSR count). The lowest BCUT2D eigenvalue weighted by Gasteiger charge is -2.20. The topological polar surface area (TPSA) is 26.3 Å². The lowest BCUT2D eigenvalue weighted by Crippen LogP contribution is -2.24. The Balaban J connectivity index is 3.01. The van der Waals surface area contributed by atoms with Gasteiger partial charge in [-0.2, -0.15) is 0 Å². The van der Waals surface area contributed by atoms with Crippen LogP contribution in [0.3, 0.4) is 0 Å². The van der Waals surface area contributed by atoms with E-state index in [0.717, 1.165) is 18.6 Å². The molecule has 1 aromatic rings. The van der Waals surface area contributed by atoms with Crippen molar-refractivity contribution < 1.29 is 18.3 Å². The van der Waals surface area contributed by atoms with Gasteiger partial charge in [0, 0.05) is 5.56 Å². The quantitative estimate of drug-likeness (QED) is 0.760. The van der Waals surface area contributed by atoms with Crippen molar-refractivity contribution >= 4 is 5.97 Å². The smallest absolute Gasteiger partial charge is 0.338 e. The first-order chi connectivity index (χ1) is 9.14. The maximum Gasteiger partial charge on any atom is 0.338 e. The summed E-state index contributed by atoms with van der Waals surface area (Å²) in [5.41, 5.74) is -0.756. The molecule has 1 atom stereocenters. The van der Waals surface area contributed by atoms with Gasteiger partial charge >= 0.3 is 5.97 Å². The van der Waals surface area contributed by atoms with Crippen LogP contribution in [0, 0.1) is 17.6 Å². The van der Waals surface area contributed by atoms with E-state index in [9.17, 15) is 13.6 Å². The van der Waals surface area contributed by atoms with E-state index in [1.54, 1.807) is 20.8 Å². The highest BCUT2D eigenvalue weighted by Gasteiger charge is 2.21. The fourth-order valence-corrected chi connectivity index (χ4v) is 1.75. The summed E-state index contributed by atoms with van der Waals surface area (Å²) >= 11 is 0. The third-order valence-electron chi connectivity index (χ3n) is 3.03. The van der Waals surface area contributed by atoms with Crippen LogP contribution in [0.25, 0.3) is 0 Å². The van der Waals surface area contributed by atoms with Gasteiger partial charge in [-0.25, -0.2) is 13.6 Å². The van der Waals surface area contributed by atoms with Crippen molar-refractivity contribution in [2.24, 2.45) is 5.92 Å². The molecule has 0 amide bonds. The van der Waals surface area contributed by atoms with E-state index in [2.05, 4.69) is 0 Å². The van der Waals surface area contributed by atoms with Crippen molar-refractivity contribution in [2.75, 3.05) is 0 Å². The van der Waals surface area contributed by atoms with Crippen LogP contribution in [0.5, 0.6) is 0 Å². The predicted octanol–water partition coefficient (Wildman–Crippen LogP) is 4.51. The van der Waals surface area contributed by atoms with Crippen molar-refractivity contribution in [3.63, 3.8) is 0 Å². The van der Waals surface area contributed by atoms with Gasteiger partial charge in [0.05, 0.1) is 5.56 Å². The van der Waals surface area contributed by atoms with Gasteiger partial charge in [0.2, 0.25) is 0 Å². The molecule has 0 aliphatic carbocycles. The van der Waals surface area contributed by atoms with E-state index >= 15 is 0 Å². The highest BCUT2D eigenvalue weighted by Crippen LogP contribution is 2.22. The molecule has 0 saturated carbocycles. The van der Waals surface area contributed by atoms with Crippen LogP contribution in [0.15, 0.2) is 12.1 Å². The summed E-state index contributed by atoms with van der Waals surface area (Å²) in [6, 6.07) is 2.10. The Morgan fingerprint density at radius 3 is 2.15 bits per heavy atom. The SMILES string of the molecule is CCC(C)Cc1c(F)cc(C(=O)OC(C)(C)C)cc1F. The first kappa shape index (κ1) is 16.6. The number of hydrogen-bond acceptors (Lipinski definition) is 2. The summed E-state index contributed by atoms with van der Waals surface area (Å²) in [4.78, 5) is 11.8. The van der Waals surface area contributed by atoms with E-state index in [1.807, 2.05) is 13.8 Å². The molecule has 0 saturated heterocycles. The maximum atomic E-state index is 14.0. The molecule has 0 heterocycles. The Labute approximate surface area is 119 Å². The van der Waals surface area contributed by atoms with Crippen LogP contribution in [-0.2, 0) is 11.2 Å². The third kappa shape index (κ3) is 4.58. The molecule has 4 heteroatoms.